The lowest BCUT2D eigenvalue weighted by Gasteiger charge is -2.21. The summed E-state index contributed by atoms with van der Waals surface area (Å²) in [5, 5.41) is 10.6. The van der Waals surface area contributed by atoms with Crippen molar-refractivity contribution in [2.24, 2.45) is 23.7 Å². The van der Waals surface area contributed by atoms with Crippen molar-refractivity contribution in [3.63, 3.8) is 0 Å². The topological polar surface area (TPSA) is 237 Å². The van der Waals surface area contributed by atoms with Crippen LogP contribution in [0.1, 0.15) is 409 Å². The maximum Gasteiger partial charge on any atom is 0.472 e. The first-order valence-electron chi connectivity index (χ1n) is 41.3. The molecule has 0 aliphatic rings. The molecule has 0 aromatic heterocycles. The molecule has 4 unspecified atom stereocenters. The Morgan fingerprint density at radius 2 is 0.485 bits per heavy atom. The van der Waals surface area contributed by atoms with E-state index in [0.717, 1.165) is 120 Å². The van der Waals surface area contributed by atoms with Crippen LogP contribution >= 0.6 is 15.6 Å². The number of phosphoric ester groups is 2. The molecule has 3 N–H and O–H groups in total. The van der Waals surface area contributed by atoms with Crippen LogP contribution in [0.2, 0.25) is 0 Å². The largest absolute Gasteiger partial charge is 0.472 e. The van der Waals surface area contributed by atoms with E-state index in [9.17, 15) is 43.2 Å². The van der Waals surface area contributed by atoms with E-state index in [4.69, 9.17) is 37.0 Å². The van der Waals surface area contributed by atoms with Crippen LogP contribution < -0.4 is 0 Å². The fraction of sp³-hybridized carbons (Fsp3) is 0.950. The predicted octanol–water partition coefficient (Wildman–Crippen LogP) is 23.6. The quantitative estimate of drug-likeness (QED) is 0.0222. The Balaban J connectivity index is 5.22. The normalized spacial score (nSPS) is 14.6. The molecule has 99 heavy (non-hydrogen) atoms. The molecule has 0 saturated carbocycles. The lowest BCUT2D eigenvalue weighted by molar-refractivity contribution is -0.161. The molecule has 0 spiro atoms. The molecule has 0 amide bonds. The van der Waals surface area contributed by atoms with Crippen LogP contribution in [0.25, 0.3) is 0 Å². The van der Waals surface area contributed by atoms with Gasteiger partial charge in [-0.2, -0.15) is 0 Å². The van der Waals surface area contributed by atoms with E-state index in [1.807, 2.05) is 0 Å². The van der Waals surface area contributed by atoms with Gasteiger partial charge in [-0.05, 0) is 49.4 Å². The molecule has 0 aliphatic carbocycles. The number of phosphoric acid groups is 2. The Bertz CT molecular complexity index is 1940. The smallest absolute Gasteiger partial charge is 0.462 e. The Kier molecular flexibility index (Phi) is 67.8. The van der Waals surface area contributed by atoms with Crippen molar-refractivity contribution in [2.45, 2.75) is 427 Å². The second-order valence-corrected chi connectivity index (χ2v) is 33.1. The Morgan fingerprint density at radius 3 is 0.717 bits per heavy atom. The average molecular weight is 1450 g/mol. The third-order valence-electron chi connectivity index (χ3n) is 19.3. The van der Waals surface area contributed by atoms with E-state index in [0.29, 0.717) is 25.7 Å². The van der Waals surface area contributed by atoms with Crippen molar-refractivity contribution in [2.75, 3.05) is 39.6 Å². The van der Waals surface area contributed by atoms with Gasteiger partial charge in [0.25, 0.3) is 0 Å². The van der Waals surface area contributed by atoms with Gasteiger partial charge in [0.2, 0.25) is 0 Å². The zero-order valence-electron chi connectivity index (χ0n) is 65.1. The number of hydrogen-bond donors (Lipinski definition) is 3. The first kappa shape index (κ1) is 97.1. The number of carbonyl (C=O) groups is 4. The van der Waals surface area contributed by atoms with Crippen LogP contribution in [0.15, 0.2) is 0 Å². The van der Waals surface area contributed by atoms with Gasteiger partial charge in [-0.1, -0.05) is 357 Å². The average Bonchev–Trinajstić information content (AvgIpc) is 0.972. The number of carbonyl (C=O) groups excluding carboxylic acids is 4. The summed E-state index contributed by atoms with van der Waals surface area (Å²) >= 11 is 0. The Hall–Kier alpha value is -1.94. The molecule has 0 bridgehead atoms. The summed E-state index contributed by atoms with van der Waals surface area (Å²) < 4.78 is 68.7. The molecule has 0 saturated heterocycles. The third kappa shape index (κ3) is 71.5. The van der Waals surface area contributed by atoms with Gasteiger partial charge < -0.3 is 33.8 Å². The monoisotopic (exact) mass is 1450 g/mol. The summed E-state index contributed by atoms with van der Waals surface area (Å²) in [6, 6.07) is 0. The number of aliphatic hydroxyl groups excluding tert-OH is 1. The van der Waals surface area contributed by atoms with Crippen LogP contribution in [0, 0.1) is 23.7 Å². The van der Waals surface area contributed by atoms with E-state index in [1.165, 1.54) is 205 Å². The molecule has 17 nitrogen and oxygen atoms in total. The van der Waals surface area contributed by atoms with Gasteiger partial charge in [0.1, 0.15) is 19.3 Å². The van der Waals surface area contributed by atoms with E-state index in [2.05, 4.69) is 55.4 Å². The fourth-order valence-corrected chi connectivity index (χ4v) is 13.8. The summed E-state index contributed by atoms with van der Waals surface area (Å²) in [5.74, 6) is 1.02. The van der Waals surface area contributed by atoms with Gasteiger partial charge in [-0.25, -0.2) is 9.13 Å². The first-order valence-corrected chi connectivity index (χ1v) is 44.3. The highest BCUT2D eigenvalue weighted by atomic mass is 31.2. The van der Waals surface area contributed by atoms with Gasteiger partial charge in [-0.15, -0.1) is 0 Å². The van der Waals surface area contributed by atoms with Crippen LogP contribution in [-0.4, -0.2) is 96.7 Å². The molecule has 7 atom stereocenters. The van der Waals surface area contributed by atoms with E-state index in [1.54, 1.807) is 0 Å². The first-order chi connectivity index (χ1) is 47.7. The zero-order chi connectivity index (χ0) is 73.1. The third-order valence-corrected chi connectivity index (χ3v) is 21.2. The number of ether oxygens (including phenoxy) is 4. The molecular formula is C80H156O17P2. The highest BCUT2D eigenvalue weighted by Crippen LogP contribution is 2.45. The van der Waals surface area contributed by atoms with Gasteiger partial charge >= 0.3 is 39.5 Å². The van der Waals surface area contributed by atoms with Crippen molar-refractivity contribution < 1.29 is 80.2 Å². The molecule has 0 fully saturated rings. The van der Waals surface area contributed by atoms with E-state index >= 15 is 0 Å². The summed E-state index contributed by atoms with van der Waals surface area (Å²) in [5.41, 5.74) is 0. The minimum atomic E-state index is -4.96. The van der Waals surface area contributed by atoms with E-state index in [-0.39, 0.29) is 25.7 Å². The van der Waals surface area contributed by atoms with Crippen molar-refractivity contribution >= 4 is 39.5 Å². The number of esters is 4. The van der Waals surface area contributed by atoms with Gasteiger partial charge in [0.15, 0.2) is 12.2 Å². The summed E-state index contributed by atoms with van der Waals surface area (Å²) in [6.07, 6.45) is 55.5. The second-order valence-electron chi connectivity index (χ2n) is 30.2. The Morgan fingerprint density at radius 1 is 0.283 bits per heavy atom. The summed E-state index contributed by atoms with van der Waals surface area (Å²) in [7, 11) is -9.92. The number of aliphatic hydroxyl groups is 1. The minimum Gasteiger partial charge on any atom is -0.462 e. The van der Waals surface area contributed by atoms with Crippen molar-refractivity contribution in [3.05, 3.63) is 0 Å². The van der Waals surface area contributed by atoms with Crippen LogP contribution in [0.4, 0.5) is 0 Å². The number of hydrogen-bond acceptors (Lipinski definition) is 15. The van der Waals surface area contributed by atoms with E-state index < -0.39 is 97.5 Å². The highest BCUT2D eigenvalue weighted by Gasteiger charge is 2.30. The molecule has 0 aliphatic heterocycles. The molecule has 0 aromatic carbocycles. The van der Waals surface area contributed by atoms with Crippen LogP contribution in [-0.2, 0) is 65.4 Å². The van der Waals surface area contributed by atoms with Crippen molar-refractivity contribution in [1.82, 2.24) is 0 Å². The number of unbranched alkanes of at least 4 members (excludes halogenated alkanes) is 41. The van der Waals surface area contributed by atoms with Gasteiger partial charge in [-0.3, -0.25) is 37.3 Å². The molecule has 0 radical (unpaired) electrons. The predicted molar refractivity (Wildman–Crippen MR) is 404 cm³/mol. The highest BCUT2D eigenvalue weighted by molar-refractivity contribution is 7.47. The van der Waals surface area contributed by atoms with Gasteiger partial charge in [0, 0.05) is 25.7 Å². The second kappa shape index (κ2) is 69.1. The summed E-state index contributed by atoms with van der Waals surface area (Å²) in [4.78, 5) is 73.0. The molecule has 0 rings (SSSR count). The lowest BCUT2D eigenvalue weighted by Crippen LogP contribution is -2.30. The molecular weight excluding hydrogens is 1290 g/mol. The fourth-order valence-electron chi connectivity index (χ4n) is 12.2. The molecule has 588 valence electrons. The molecule has 0 heterocycles. The van der Waals surface area contributed by atoms with Crippen LogP contribution in [0.5, 0.6) is 0 Å². The Labute approximate surface area is 607 Å². The standard InChI is InChI=1S/C80H156O17P2/c1-9-72(7)58-50-42-34-28-21-17-14-15-19-23-30-36-46-54-62-79(84)97-76(67-91-78(83)61-53-45-39-38-43-51-59-73(8)10-2)69-95-99(88,89)93-65-74(81)64-92-98(86,87)94-68-75(96-80(85)63-55-47-37-31-25-24-27-33-41-49-57-71(5)6)66-90-77(82)60-52-44-35-29-22-18-13-11-12-16-20-26-32-40-48-56-70(3)4/h70-76,81H,9-69H2,1-8H3,(H,86,87)(H,88,89)/t72?,73?,74-,75-,76-/m1/s1. The molecule has 0 aromatic rings. The molecule has 19 heteroatoms. The zero-order valence-corrected chi connectivity index (χ0v) is 66.9. The van der Waals surface area contributed by atoms with Crippen molar-refractivity contribution in [3.8, 4) is 0 Å². The summed E-state index contributed by atoms with van der Waals surface area (Å²) in [6.45, 7) is 14.3. The van der Waals surface area contributed by atoms with Crippen LogP contribution in [0.3, 0.4) is 0 Å². The SMILES string of the molecule is CCC(C)CCCCCCCCCCCCCCCCC(=O)O[C@H](COC(=O)CCCCCCCCC(C)CC)COP(=O)(O)OC[C@H](O)COP(=O)(O)OC[C@@H](COC(=O)CCCCCCCCCCCCCCCCCC(C)C)OC(=O)CCCCCCCCCCCCC(C)C. The maximum absolute atomic E-state index is 13.1. The number of rotatable bonds is 77. The maximum atomic E-state index is 13.1. The minimum absolute atomic E-state index is 0.106. The lowest BCUT2D eigenvalue weighted by atomic mass is 9.99. The van der Waals surface area contributed by atoms with Gasteiger partial charge in [0.05, 0.1) is 26.4 Å². The van der Waals surface area contributed by atoms with Crippen molar-refractivity contribution in [1.29, 1.82) is 0 Å².